The van der Waals surface area contributed by atoms with Crippen LogP contribution in [0.15, 0.2) is 22.7 Å². The number of aryl methyl sites for hydroxylation is 1. The van der Waals surface area contributed by atoms with Crippen molar-refractivity contribution in [2.24, 2.45) is 0 Å². The Bertz CT molecular complexity index is 380. The molecule has 80 valence electrons. The average molecular weight is 266 g/mol. The van der Waals surface area contributed by atoms with Crippen molar-refractivity contribution in [1.82, 2.24) is 5.32 Å². The second-order valence-electron chi connectivity index (χ2n) is 4.86. The van der Waals surface area contributed by atoms with Gasteiger partial charge in [-0.2, -0.15) is 0 Å². The first kappa shape index (κ1) is 9.86. The highest BCUT2D eigenvalue weighted by atomic mass is 79.9. The van der Waals surface area contributed by atoms with Gasteiger partial charge in [-0.05, 0) is 55.5 Å². The molecule has 1 saturated heterocycles. The maximum Gasteiger partial charge on any atom is 0.0178 e. The van der Waals surface area contributed by atoms with Crippen molar-refractivity contribution in [2.75, 3.05) is 13.1 Å². The lowest BCUT2D eigenvalue weighted by Crippen LogP contribution is -2.33. The first-order chi connectivity index (χ1) is 7.30. The molecule has 0 radical (unpaired) electrons. The van der Waals surface area contributed by atoms with E-state index in [9.17, 15) is 0 Å². The fourth-order valence-corrected chi connectivity index (χ4v) is 3.63. The van der Waals surface area contributed by atoms with E-state index in [0.29, 0.717) is 5.41 Å². The molecule has 1 aromatic carbocycles. The van der Waals surface area contributed by atoms with Crippen molar-refractivity contribution in [3.05, 3.63) is 33.8 Å². The van der Waals surface area contributed by atoms with Crippen LogP contribution in [0.2, 0.25) is 0 Å². The van der Waals surface area contributed by atoms with Crippen LogP contribution in [0.4, 0.5) is 0 Å². The largest absolute Gasteiger partial charge is 0.316 e. The first-order valence-electron chi connectivity index (χ1n) is 5.80. The minimum atomic E-state index is 0.467. The first-order valence-corrected chi connectivity index (χ1v) is 6.59. The molecule has 1 aliphatic carbocycles. The number of hydrogen-bond donors (Lipinski definition) is 1. The van der Waals surface area contributed by atoms with E-state index >= 15 is 0 Å². The molecule has 1 N–H and O–H groups in total. The summed E-state index contributed by atoms with van der Waals surface area (Å²) >= 11 is 3.57. The van der Waals surface area contributed by atoms with E-state index in [1.165, 1.54) is 43.2 Å². The molecule has 2 heteroatoms. The summed E-state index contributed by atoms with van der Waals surface area (Å²) in [6.07, 6.45) is 5.30. The van der Waals surface area contributed by atoms with E-state index in [1.807, 2.05) is 0 Å². The molecule has 1 heterocycles. The summed E-state index contributed by atoms with van der Waals surface area (Å²) in [5.41, 5.74) is 3.65. The summed E-state index contributed by atoms with van der Waals surface area (Å²) in [4.78, 5) is 0. The van der Waals surface area contributed by atoms with Gasteiger partial charge in [-0.15, -0.1) is 0 Å². The lowest BCUT2D eigenvalue weighted by Gasteiger charge is -2.35. The van der Waals surface area contributed by atoms with E-state index in [4.69, 9.17) is 0 Å². The molecule has 1 aromatic rings. The fourth-order valence-electron chi connectivity index (χ4n) is 3.23. The Kier molecular flexibility index (Phi) is 2.37. The van der Waals surface area contributed by atoms with Crippen molar-refractivity contribution in [3.8, 4) is 0 Å². The number of fused-ring (bicyclic) bond motifs is 2. The zero-order valence-corrected chi connectivity index (χ0v) is 10.4. The summed E-state index contributed by atoms with van der Waals surface area (Å²) in [6.45, 7) is 2.37. The van der Waals surface area contributed by atoms with Crippen LogP contribution in [0, 0.1) is 0 Å². The number of nitrogens with one attached hydrogen (secondary N) is 1. The number of hydrogen-bond acceptors (Lipinski definition) is 1. The van der Waals surface area contributed by atoms with Crippen LogP contribution < -0.4 is 5.32 Å². The molecule has 1 nitrogen and oxygen atoms in total. The molecule has 15 heavy (non-hydrogen) atoms. The Labute approximate surface area is 99.4 Å². The summed E-state index contributed by atoms with van der Waals surface area (Å²) < 4.78 is 1.23. The third kappa shape index (κ3) is 1.55. The van der Waals surface area contributed by atoms with Crippen molar-refractivity contribution in [3.63, 3.8) is 0 Å². The number of rotatable bonds is 0. The van der Waals surface area contributed by atoms with E-state index in [0.717, 1.165) is 0 Å². The van der Waals surface area contributed by atoms with Crippen molar-refractivity contribution < 1.29 is 0 Å². The van der Waals surface area contributed by atoms with Crippen LogP contribution in [-0.2, 0) is 11.8 Å². The Balaban J connectivity index is 2.10. The standard InChI is InChI=1S/C13H16BrN/c14-11-3-4-12-10(8-11)2-1-5-13(12)6-7-15-9-13/h3-4,8,15H,1-2,5-7,9H2. The lowest BCUT2D eigenvalue weighted by molar-refractivity contribution is 0.393. The molecule has 2 aliphatic rings. The molecule has 1 fully saturated rings. The highest BCUT2D eigenvalue weighted by Crippen LogP contribution is 2.42. The lowest BCUT2D eigenvalue weighted by atomic mass is 9.69. The van der Waals surface area contributed by atoms with Crippen molar-refractivity contribution in [1.29, 1.82) is 0 Å². The molecule has 0 amide bonds. The fraction of sp³-hybridized carbons (Fsp3) is 0.538. The third-order valence-corrected chi connectivity index (χ3v) is 4.48. The molecular weight excluding hydrogens is 250 g/mol. The Morgan fingerprint density at radius 3 is 3.00 bits per heavy atom. The van der Waals surface area contributed by atoms with Gasteiger partial charge < -0.3 is 5.32 Å². The normalized spacial score (nSPS) is 29.4. The summed E-state index contributed by atoms with van der Waals surface area (Å²) in [6, 6.07) is 6.85. The second-order valence-corrected chi connectivity index (χ2v) is 5.78. The molecule has 0 saturated carbocycles. The molecule has 1 spiro atoms. The van der Waals surface area contributed by atoms with E-state index in [2.05, 4.69) is 39.4 Å². The molecule has 1 aliphatic heterocycles. The molecule has 3 rings (SSSR count). The Morgan fingerprint density at radius 1 is 1.27 bits per heavy atom. The summed E-state index contributed by atoms with van der Waals surface area (Å²) in [5, 5.41) is 3.53. The van der Waals surface area contributed by atoms with Gasteiger partial charge in [0.15, 0.2) is 0 Å². The molecule has 1 atom stereocenters. The van der Waals surface area contributed by atoms with Crippen LogP contribution in [-0.4, -0.2) is 13.1 Å². The predicted molar refractivity (Wildman–Crippen MR) is 66.2 cm³/mol. The van der Waals surface area contributed by atoms with E-state index in [-0.39, 0.29) is 0 Å². The monoisotopic (exact) mass is 265 g/mol. The van der Waals surface area contributed by atoms with Crippen LogP contribution in [0.25, 0.3) is 0 Å². The highest BCUT2D eigenvalue weighted by molar-refractivity contribution is 9.10. The van der Waals surface area contributed by atoms with E-state index < -0.39 is 0 Å². The van der Waals surface area contributed by atoms with Crippen molar-refractivity contribution >= 4 is 15.9 Å². The van der Waals surface area contributed by atoms with Crippen LogP contribution in [0.1, 0.15) is 30.4 Å². The zero-order chi connectivity index (χ0) is 10.3. The number of benzene rings is 1. The molecule has 0 bridgehead atoms. The SMILES string of the molecule is Brc1ccc2c(c1)CCCC21CCNC1. The van der Waals surface area contributed by atoms with Gasteiger partial charge in [0.1, 0.15) is 0 Å². The maximum atomic E-state index is 3.57. The van der Waals surface area contributed by atoms with Gasteiger partial charge in [0, 0.05) is 16.4 Å². The van der Waals surface area contributed by atoms with Crippen LogP contribution in [0.5, 0.6) is 0 Å². The highest BCUT2D eigenvalue weighted by Gasteiger charge is 2.38. The third-order valence-electron chi connectivity index (χ3n) is 3.98. The van der Waals surface area contributed by atoms with Crippen LogP contribution >= 0.6 is 15.9 Å². The Morgan fingerprint density at radius 2 is 2.20 bits per heavy atom. The second kappa shape index (κ2) is 3.60. The van der Waals surface area contributed by atoms with Gasteiger partial charge in [0.25, 0.3) is 0 Å². The minimum Gasteiger partial charge on any atom is -0.316 e. The minimum absolute atomic E-state index is 0.467. The van der Waals surface area contributed by atoms with Gasteiger partial charge in [0.2, 0.25) is 0 Å². The molecule has 0 aromatic heterocycles. The van der Waals surface area contributed by atoms with Gasteiger partial charge >= 0.3 is 0 Å². The van der Waals surface area contributed by atoms with Gasteiger partial charge in [0.05, 0.1) is 0 Å². The van der Waals surface area contributed by atoms with E-state index in [1.54, 1.807) is 11.1 Å². The van der Waals surface area contributed by atoms with Gasteiger partial charge in [-0.3, -0.25) is 0 Å². The van der Waals surface area contributed by atoms with Crippen molar-refractivity contribution in [2.45, 2.75) is 31.1 Å². The van der Waals surface area contributed by atoms with Crippen LogP contribution in [0.3, 0.4) is 0 Å². The molecule has 1 unspecified atom stereocenters. The summed E-state index contributed by atoms with van der Waals surface area (Å²) in [7, 11) is 0. The summed E-state index contributed by atoms with van der Waals surface area (Å²) in [5.74, 6) is 0. The van der Waals surface area contributed by atoms with Gasteiger partial charge in [-0.1, -0.05) is 22.0 Å². The topological polar surface area (TPSA) is 12.0 Å². The molecular formula is C13H16BrN. The quantitative estimate of drug-likeness (QED) is 0.761. The average Bonchev–Trinajstić information content (AvgIpc) is 2.67. The number of halogens is 1. The van der Waals surface area contributed by atoms with Gasteiger partial charge in [-0.25, -0.2) is 0 Å². The smallest absolute Gasteiger partial charge is 0.0178 e. The predicted octanol–water partition coefficient (Wildman–Crippen LogP) is 3.02. The Hall–Kier alpha value is -0.340. The maximum absolute atomic E-state index is 3.57. The zero-order valence-electron chi connectivity index (χ0n) is 8.85.